The Morgan fingerprint density at radius 1 is 0.944 bits per heavy atom. The van der Waals surface area contributed by atoms with E-state index < -0.39 is 28.7 Å². The van der Waals surface area contributed by atoms with E-state index in [9.17, 15) is 9.90 Å². The Hall–Kier alpha value is -3.87. The topological polar surface area (TPSA) is 87.4 Å². The number of allylic oxidation sites excluding steroid dienone is 1. The molecule has 0 radical (unpaired) electrons. The molecule has 1 aromatic heterocycles. The number of hydrogen-bond donors (Lipinski definition) is 1. The molecule has 0 amide bonds. The fraction of sp³-hybridized carbons (Fsp3) is 0.345. The van der Waals surface area contributed by atoms with Gasteiger partial charge in [-0.25, -0.2) is 4.79 Å². The van der Waals surface area contributed by atoms with Crippen LogP contribution in [0, 0.1) is 5.41 Å². The van der Waals surface area contributed by atoms with Crippen LogP contribution in [0.25, 0.3) is 11.0 Å². The number of ether oxygens (including phenoxy) is 4. The van der Waals surface area contributed by atoms with Gasteiger partial charge in [-0.15, -0.1) is 13.2 Å². The lowest BCUT2D eigenvalue weighted by Gasteiger charge is -2.41. The maximum atomic E-state index is 13.0. The highest BCUT2D eigenvalue weighted by Crippen LogP contribution is 2.53. The van der Waals surface area contributed by atoms with Gasteiger partial charge in [0.25, 0.3) is 0 Å². The zero-order chi connectivity index (χ0) is 26.4. The molecule has 0 saturated heterocycles. The molecule has 1 aliphatic heterocycles. The van der Waals surface area contributed by atoms with Gasteiger partial charge in [0.2, 0.25) is 11.5 Å². The lowest BCUT2D eigenvalue weighted by Crippen LogP contribution is -2.43. The molecule has 36 heavy (non-hydrogen) atoms. The maximum absolute atomic E-state index is 13.0. The third-order valence-electron chi connectivity index (χ3n) is 6.88. The van der Waals surface area contributed by atoms with Crippen molar-refractivity contribution in [2.24, 2.45) is 5.41 Å². The molecule has 0 aliphatic carbocycles. The third kappa shape index (κ3) is 4.08. The van der Waals surface area contributed by atoms with E-state index in [0.29, 0.717) is 28.2 Å². The molecule has 0 unspecified atom stereocenters. The zero-order valence-electron chi connectivity index (χ0n) is 21.5. The minimum atomic E-state index is -0.614. The number of aromatic hydroxyl groups is 1. The molecule has 7 nitrogen and oxygen atoms in total. The van der Waals surface area contributed by atoms with E-state index in [1.54, 1.807) is 42.5 Å². The largest absolute Gasteiger partial charge is 0.504 e. The van der Waals surface area contributed by atoms with Crippen molar-refractivity contribution in [3.63, 3.8) is 0 Å². The minimum Gasteiger partial charge on any atom is -0.504 e. The summed E-state index contributed by atoms with van der Waals surface area (Å²) in [5.74, 6) is 1.36. The molecule has 4 rings (SSSR count). The molecule has 2 aromatic carbocycles. The first-order chi connectivity index (χ1) is 17.0. The van der Waals surface area contributed by atoms with Crippen molar-refractivity contribution in [1.82, 2.24) is 0 Å². The summed E-state index contributed by atoms with van der Waals surface area (Å²) in [6.45, 7) is 15.6. The number of hydrogen-bond acceptors (Lipinski definition) is 7. The molecular formula is C29H32O7. The van der Waals surface area contributed by atoms with Crippen LogP contribution in [0.15, 0.2) is 64.9 Å². The van der Waals surface area contributed by atoms with Crippen LogP contribution in [0.1, 0.15) is 44.9 Å². The van der Waals surface area contributed by atoms with Crippen molar-refractivity contribution in [2.45, 2.75) is 45.3 Å². The van der Waals surface area contributed by atoms with Gasteiger partial charge in [-0.1, -0.05) is 45.9 Å². The van der Waals surface area contributed by atoms with Crippen molar-refractivity contribution in [1.29, 1.82) is 0 Å². The van der Waals surface area contributed by atoms with Crippen molar-refractivity contribution >= 4 is 11.0 Å². The smallest absolute Gasteiger partial charge is 0.340 e. The molecular weight excluding hydrogens is 460 g/mol. The lowest BCUT2D eigenvalue weighted by molar-refractivity contribution is -0.0315. The molecule has 190 valence electrons. The Bertz CT molecular complexity index is 1400. The fourth-order valence-electron chi connectivity index (χ4n) is 4.27. The van der Waals surface area contributed by atoms with Crippen LogP contribution < -0.4 is 24.6 Å². The Morgan fingerprint density at radius 2 is 1.64 bits per heavy atom. The molecule has 3 aromatic rings. The number of phenolic OH excluding ortho intramolecular Hbond substituents is 1. The summed E-state index contributed by atoms with van der Waals surface area (Å²) in [7, 11) is 3.02. The van der Waals surface area contributed by atoms with Gasteiger partial charge in [0.05, 0.1) is 14.2 Å². The quantitative estimate of drug-likeness (QED) is 0.316. The zero-order valence-corrected chi connectivity index (χ0v) is 21.5. The summed E-state index contributed by atoms with van der Waals surface area (Å²) in [4.78, 5) is 13.0. The fourth-order valence-corrected chi connectivity index (χ4v) is 4.27. The highest BCUT2D eigenvalue weighted by molar-refractivity contribution is 5.89. The standard InChI is InChI=1S/C29H32O7/c1-9-28(3,4)18-13-17-15-21(33-8)24-25(22(17)36-27(18)31)35-26(29(5,6)10-2)23(34-24)16-11-12-19(30)20(14-16)32-7/h9-15,23,26,30H,1-2H2,3-8H3/t23-,26+/m1/s1. The normalized spacial score (nSPS) is 17.5. The van der Waals surface area contributed by atoms with E-state index in [0.717, 1.165) is 5.56 Å². The molecule has 0 saturated carbocycles. The second-order valence-electron chi connectivity index (χ2n) is 10.1. The minimum absolute atomic E-state index is 0.0153. The molecule has 7 heteroatoms. The molecule has 0 fully saturated rings. The van der Waals surface area contributed by atoms with Gasteiger partial charge >= 0.3 is 5.63 Å². The van der Waals surface area contributed by atoms with E-state index in [2.05, 4.69) is 13.2 Å². The van der Waals surface area contributed by atoms with Crippen molar-refractivity contribution < 1.29 is 28.5 Å². The van der Waals surface area contributed by atoms with Crippen LogP contribution in [0.4, 0.5) is 0 Å². The third-order valence-corrected chi connectivity index (χ3v) is 6.88. The van der Waals surface area contributed by atoms with Crippen LogP contribution >= 0.6 is 0 Å². The average Bonchev–Trinajstić information content (AvgIpc) is 2.87. The summed E-state index contributed by atoms with van der Waals surface area (Å²) < 4.78 is 29.9. The van der Waals surface area contributed by atoms with Gasteiger partial charge in [-0.3, -0.25) is 0 Å². The summed E-state index contributed by atoms with van der Waals surface area (Å²) in [6, 6.07) is 8.54. The molecule has 2 atom stereocenters. The van der Waals surface area contributed by atoms with Crippen molar-refractivity contribution in [3.05, 3.63) is 77.2 Å². The molecule has 0 bridgehead atoms. The summed E-state index contributed by atoms with van der Waals surface area (Å²) >= 11 is 0. The van der Waals surface area contributed by atoms with Gasteiger partial charge in [-0.05, 0) is 24.3 Å². The van der Waals surface area contributed by atoms with Gasteiger partial charge in [0, 0.05) is 27.3 Å². The SMILES string of the molecule is C=CC(C)(C)c1cc2cc(OC)c3c(c2oc1=O)O[C@H](C(C)(C)C=C)[C@@H](c1ccc(O)c(OC)c1)O3. The average molecular weight is 493 g/mol. The number of methoxy groups -OCH3 is 2. The maximum Gasteiger partial charge on any atom is 0.340 e. The van der Waals surface area contributed by atoms with E-state index in [4.69, 9.17) is 23.4 Å². The number of benzene rings is 2. The van der Waals surface area contributed by atoms with Crippen LogP contribution in [-0.2, 0) is 5.41 Å². The second-order valence-corrected chi connectivity index (χ2v) is 10.1. The number of phenols is 1. The summed E-state index contributed by atoms with van der Waals surface area (Å²) in [5.41, 5.74) is -0.165. The van der Waals surface area contributed by atoms with Crippen LogP contribution in [0.3, 0.4) is 0 Å². The Kier molecular flexibility index (Phi) is 6.29. The van der Waals surface area contributed by atoms with E-state index in [1.165, 1.54) is 14.2 Å². The Labute approximate surface area is 210 Å². The van der Waals surface area contributed by atoms with Crippen molar-refractivity contribution in [3.8, 4) is 28.7 Å². The lowest BCUT2D eigenvalue weighted by atomic mass is 9.80. The van der Waals surface area contributed by atoms with Crippen LogP contribution in [-0.4, -0.2) is 25.4 Å². The van der Waals surface area contributed by atoms with Crippen molar-refractivity contribution in [2.75, 3.05) is 14.2 Å². The van der Waals surface area contributed by atoms with E-state index >= 15 is 0 Å². The molecule has 1 aliphatic rings. The number of rotatable bonds is 7. The first kappa shape index (κ1) is 25.2. The summed E-state index contributed by atoms with van der Waals surface area (Å²) in [6.07, 6.45) is 2.32. The van der Waals surface area contributed by atoms with Crippen LogP contribution in [0.2, 0.25) is 0 Å². The number of fused-ring (bicyclic) bond motifs is 3. The monoisotopic (exact) mass is 492 g/mol. The Balaban J connectivity index is 1.97. The van der Waals surface area contributed by atoms with Gasteiger partial charge in [0.1, 0.15) is 6.10 Å². The first-order valence-electron chi connectivity index (χ1n) is 11.6. The van der Waals surface area contributed by atoms with Gasteiger partial charge < -0.3 is 28.5 Å². The molecule has 0 spiro atoms. The van der Waals surface area contributed by atoms with E-state index in [-0.39, 0.29) is 17.1 Å². The van der Waals surface area contributed by atoms with Crippen LogP contribution in [0.5, 0.6) is 28.7 Å². The first-order valence-corrected chi connectivity index (χ1v) is 11.6. The second kappa shape index (κ2) is 8.97. The highest BCUT2D eigenvalue weighted by atomic mass is 16.6. The predicted molar refractivity (Wildman–Crippen MR) is 139 cm³/mol. The molecule has 2 heterocycles. The molecule has 1 N–H and O–H groups in total. The van der Waals surface area contributed by atoms with Gasteiger partial charge in [0.15, 0.2) is 28.9 Å². The Morgan fingerprint density at radius 3 is 2.25 bits per heavy atom. The summed E-state index contributed by atoms with van der Waals surface area (Å²) in [5, 5.41) is 10.7. The predicted octanol–water partition coefficient (Wildman–Crippen LogP) is 6.07. The highest BCUT2D eigenvalue weighted by Gasteiger charge is 2.44. The van der Waals surface area contributed by atoms with Gasteiger partial charge in [-0.2, -0.15) is 0 Å². The van der Waals surface area contributed by atoms with E-state index in [1.807, 2.05) is 27.7 Å².